The molecule has 1 unspecified atom stereocenters. The first-order chi connectivity index (χ1) is 13.4. The van der Waals surface area contributed by atoms with Gasteiger partial charge in [0.1, 0.15) is 11.2 Å². The van der Waals surface area contributed by atoms with E-state index in [1.54, 1.807) is 37.3 Å². The molecule has 0 radical (unpaired) electrons. The minimum atomic E-state index is -0.984. The number of Topliss-reactive ketones (excluding diaryl/α,β-unsaturated/α-hetero) is 1. The van der Waals surface area contributed by atoms with Crippen LogP contribution in [0.1, 0.15) is 22.8 Å². The van der Waals surface area contributed by atoms with Crippen molar-refractivity contribution < 1.29 is 13.9 Å². The van der Waals surface area contributed by atoms with Crippen molar-refractivity contribution in [3.05, 3.63) is 57.6 Å². The summed E-state index contributed by atoms with van der Waals surface area (Å²) in [6, 6.07) is 7.71. The van der Waals surface area contributed by atoms with E-state index >= 15 is 0 Å². The van der Waals surface area contributed by atoms with E-state index in [-0.39, 0.29) is 28.9 Å². The van der Waals surface area contributed by atoms with Crippen LogP contribution in [0.3, 0.4) is 0 Å². The smallest absolute Gasteiger partial charge is 0.186 e. The Kier molecular flexibility index (Phi) is 5.79. The maximum atomic E-state index is 14.3. The van der Waals surface area contributed by atoms with Crippen molar-refractivity contribution in [2.24, 2.45) is 5.92 Å². The molecule has 146 valence electrons. The van der Waals surface area contributed by atoms with Crippen LogP contribution in [0.2, 0.25) is 5.15 Å². The van der Waals surface area contributed by atoms with Gasteiger partial charge in [0, 0.05) is 24.3 Å². The molecule has 0 amide bonds. The van der Waals surface area contributed by atoms with E-state index in [2.05, 4.69) is 10.3 Å². The molecule has 1 aromatic heterocycles. The molecule has 28 heavy (non-hydrogen) atoms. The quantitative estimate of drug-likeness (QED) is 0.737. The minimum Gasteiger partial charge on any atom is -0.758 e. The molecule has 0 saturated carbocycles. The van der Waals surface area contributed by atoms with Crippen molar-refractivity contribution in [3.8, 4) is 6.07 Å². The number of rotatable bonds is 6. The van der Waals surface area contributed by atoms with E-state index in [1.807, 2.05) is 0 Å². The highest BCUT2D eigenvalue weighted by molar-refractivity contribution is 6.30. The van der Waals surface area contributed by atoms with Crippen LogP contribution in [0.4, 0.5) is 15.9 Å². The number of para-hydroxylation sites is 1. The van der Waals surface area contributed by atoms with Gasteiger partial charge in [0.2, 0.25) is 0 Å². The molecule has 0 fully saturated rings. The van der Waals surface area contributed by atoms with Gasteiger partial charge >= 0.3 is 0 Å². The molecule has 0 bridgehead atoms. The van der Waals surface area contributed by atoms with Crippen LogP contribution in [0, 0.1) is 28.3 Å². The van der Waals surface area contributed by atoms with Gasteiger partial charge in [-0.2, -0.15) is 5.26 Å². The second-order valence-electron chi connectivity index (χ2n) is 6.49. The summed E-state index contributed by atoms with van der Waals surface area (Å²) in [7, 11) is 1.46. The van der Waals surface area contributed by atoms with Gasteiger partial charge in [0.15, 0.2) is 17.4 Å². The number of nitriles is 1. The number of halogens is 2. The summed E-state index contributed by atoms with van der Waals surface area (Å²) in [6.45, 7) is 1.80. The summed E-state index contributed by atoms with van der Waals surface area (Å²) in [5.74, 6) is -1.80. The number of ketones is 1. The first kappa shape index (κ1) is 20.0. The SMILES string of the molecule is COC[C@@H](Nc1nc(Cl)c(C#N)cc1F)[C@H](C)C1C(=O)c2ccccc2N1[O-]. The fourth-order valence-corrected chi connectivity index (χ4v) is 3.47. The van der Waals surface area contributed by atoms with E-state index in [0.717, 1.165) is 6.07 Å². The van der Waals surface area contributed by atoms with Gasteiger partial charge in [-0.25, -0.2) is 9.37 Å². The zero-order chi connectivity index (χ0) is 20.4. The average Bonchev–Trinajstić information content (AvgIpc) is 2.94. The highest BCUT2D eigenvalue weighted by Crippen LogP contribution is 2.35. The summed E-state index contributed by atoms with van der Waals surface area (Å²) in [5, 5.41) is 25.0. The third-order valence-electron chi connectivity index (χ3n) is 4.78. The fourth-order valence-electron chi connectivity index (χ4n) is 3.29. The number of aromatic nitrogens is 1. The Morgan fingerprint density at radius 2 is 2.21 bits per heavy atom. The van der Waals surface area contributed by atoms with E-state index in [4.69, 9.17) is 21.6 Å². The molecule has 1 aliphatic rings. The largest absolute Gasteiger partial charge is 0.758 e. The fraction of sp³-hybridized carbons (Fsp3) is 0.316. The monoisotopic (exact) mass is 403 g/mol. The van der Waals surface area contributed by atoms with E-state index < -0.39 is 23.8 Å². The number of pyridine rings is 1. The number of carbonyl (C=O) groups excluding carboxylic acids is 1. The molecular formula is C19H17ClFN4O3-. The number of hydrogen-bond donors (Lipinski definition) is 1. The first-order valence-electron chi connectivity index (χ1n) is 8.50. The lowest BCUT2D eigenvalue weighted by atomic mass is 9.90. The third kappa shape index (κ3) is 3.52. The molecule has 1 aliphatic heterocycles. The second-order valence-corrected chi connectivity index (χ2v) is 6.84. The lowest BCUT2D eigenvalue weighted by Crippen LogP contribution is -2.46. The number of nitrogens with zero attached hydrogens (tertiary/aromatic N) is 3. The number of carbonyl (C=O) groups is 1. The Balaban J connectivity index is 1.88. The Morgan fingerprint density at radius 1 is 1.50 bits per heavy atom. The van der Waals surface area contributed by atoms with E-state index in [1.165, 1.54) is 7.11 Å². The van der Waals surface area contributed by atoms with Crippen molar-refractivity contribution in [1.82, 2.24) is 4.98 Å². The molecule has 0 saturated heterocycles. The average molecular weight is 404 g/mol. The van der Waals surface area contributed by atoms with Crippen LogP contribution in [0.15, 0.2) is 30.3 Å². The normalized spacial score (nSPS) is 17.8. The molecule has 7 nitrogen and oxygen atoms in total. The van der Waals surface area contributed by atoms with E-state index in [0.29, 0.717) is 16.3 Å². The zero-order valence-electron chi connectivity index (χ0n) is 15.1. The van der Waals surface area contributed by atoms with Gasteiger partial charge in [-0.05, 0) is 18.2 Å². The summed E-state index contributed by atoms with van der Waals surface area (Å²) in [5.41, 5.74) is 0.579. The van der Waals surface area contributed by atoms with Crippen LogP contribution >= 0.6 is 11.6 Å². The number of anilines is 2. The molecule has 0 aliphatic carbocycles. The molecule has 3 rings (SSSR count). The topological polar surface area (TPSA) is 101 Å². The molecule has 2 aromatic rings. The number of methoxy groups -OCH3 is 1. The van der Waals surface area contributed by atoms with Gasteiger partial charge in [0.05, 0.1) is 24.3 Å². The Bertz CT molecular complexity index is 949. The maximum Gasteiger partial charge on any atom is 0.186 e. The molecule has 3 atom stereocenters. The van der Waals surface area contributed by atoms with Crippen molar-refractivity contribution >= 4 is 28.9 Å². The first-order valence-corrected chi connectivity index (χ1v) is 8.88. The molecule has 9 heteroatoms. The standard InChI is InChI=1S/C19H17ClFN4O3/c1-10(16-17(26)12-5-3-4-6-15(12)25(16)27)14(9-28-2)23-19-13(21)7-11(8-22)18(20)24-19/h3-7,10,14,16H,9H2,1-2H3,(H,23,24)/q-1/t10-,14+,16?/m0/s1. The lowest BCUT2D eigenvalue weighted by Gasteiger charge is -2.39. The Hall–Kier alpha value is -2.73. The predicted molar refractivity (Wildman–Crippen MR) is 103 cm³/mol. The zero-order valence-corrected chi connectivity index (χ0v) is 15.9. The van der Waals surface area contributed by atoms with E-state index in [9.17, 15) is 14.4 Å². The van der Waals surface area contributed by atoms with Crippen molar-refractivity contribution in [1.29, 1.82) is 5.26 Å². The summed E-state index contributed by atoms with van der Waals surface area (Å²) in [6.07, 6.45) is 0. The Labute approximate surface area is 166 Å². The number of hydroxylamine groups is 1. The van der Waals surface area contributed by atoms with Gasteiger partial charge in [0.25, 0.3) is 0 Å². The summed E-state index contributed by atoms with van der Waals surface area (Å²) in [4.78, 5) is 16.6. The molecule has 2 heterocycles. The maximum absolute atomic E-state index is 14.3. The van der Waals surface area contributed by atoms with Crippen LogP contribution in [0.25, 0.3) is 0 Å². The number of nitrogens with one attached hydrogen (secondary N) is 1. The van der Waals surface area contributed by atoms with Gasteiger partial charge in [-0.15, -0.1) is 0 Å². The highest BCUT2D eigenvalue weighted by Gasteiger charge is 2.39. The number of hydrogen-bond acceptors (Lipinski definition) is 7. The number of benzene rings is 1. The summed E-state index contributed by atoms with van der Waals surface area (Å²) >= 11 is 5.89. The van der Waals surface area contributed by atoms with Crippen LogP contribution in [-0.2, 0) is 4.74 Å². The number of fused-ring (bicyclic) bond motifs is 1. The summed E-state index contributed by atoms with van der Waals surface area (Å²) < 4.78 is 19.5. The molecule has 1 aromatic carbocycles. The number of ether oxygens (including phenoxy) is 1. The predicted octanol–water partition coefficient (Wildman–Crippen LogP) is 3.38. The minimum absolute atomic E-state index is 0.0896. The molecule has 0 spiro atoms. The van der Waals surface area contributed by atoms with Gasteiger partial charge in [-0.1, -0.05) is 30.7 Å². The molecular weight excluding hydrogens is 387 g/mol. The lowest BCUT2D eigenvalue weighted by molar-refractivity contribution is 0.0925. The van der Waals surface area contributed by atoms with Crippen molar-refractivity contribution in [2.75, 3.05) is 24.1 Å². The second kappa shape index (κ2) is 8.10. The van der Waals surface area contributed by atoms with Crippen molar-refractivity contribution in [2.45, 2.75) is 19.0 Å². The van der Waals surface area contributed by atoms with Crippen LogP contribution < -0.4 is 10.4 Å². The third-order valence-corrected chi connectivity index (χ3v) is 5.07. The van der Waals surface area contributed by atoms with Gasteiger partial charge in [-0.3, -0.25) is 4.79 Å². The highest BCUT2D eigenvalue weighted by atomic mass is 35.5. The van der Waals surface area contributed by atoms with Gasteiger partial charge < -0.3 is 20.3 Å². The molecule has 1 N–H and O–H groups in total. The van der Waals surface area contributed by atoms with Crippen LogP contribution in [-0.4, -0.2) is 36.6 Å². The van der Waals surface area contributed by atoms with Crippen LogP contribution in [0.5, 0.6) is 0 Å². The van der Waals surface area contributed by atoms with Crippen molar-refractivity contribution in [3.63, 3.8) is 0 Å². The Morgan fingerprint density at radius 3 is 2.86 bits per heavy atom.